The van der Waals surface area contributed by atoms with Crippen LogP contribution in [0.3, 0.4) is 0 Å². The number of hydrogen-bond donors (Lipinski definition) is 1. The standard InChI is InChI=1S/C20H23N3O2S/c1-13-5-7-15(8-6-13)12-23-20-17(14(2)22-23)10-18(26-20)19(24)21-11-16-4-3-9-25-16/h5-8,10,16H,3-4,9,11-12H2,1-2H3,(H,21,24)/t16-/m1/s1. The number of nitrogens with zero attached hydrogens (tertiary/aromatic N) is 2. The van der Waals surface area contributed by atoms with Crippen molar-refractivity contribution in [3.8, 4) is 0 Å². The molecule has 0 saturated carbocycles. The Labute approximate surface area is 157 Å². The van der Waals surface area contributed by atoms with Crippen LogP contribution in [-0.4, -0.2) is 34.9 Å². The highest BCUT2D eigenvalue weighted by molar-refractivity contribution is 7.20. The fourth-order valence-electron chi connectivity index (χ4n) is 3.30. The first-order valence-corrected chi connectivity index (χ1v) is 9.84. The number of ether oxygens (including phenoxy) is 1. The summed E-state index contributed by atoms with van der Waals surface area (Å²) >= 11 is 1.51. The molecule has 5 nitrogen and oxygen atoms in total. The summed E-state index contributed by atoms with van der Waals surface area (Å²) in [6.45, 7) is 6.18. The van der Waals surface area contributed by atoms with Crippen LogP contribution in [0.15, 0.2) is 30.3 Å². The van der Waals surface area contributed by atoms with Crippen molar-refractivity contribution in [1.82, 2.24) is 15.1 Å². The van der Waals surface area contributed by atoms with Gasteiger partial charge in [0.1, 0.15) is 4.83 Å². The zero-order chi connectivity index (χ0) is 18.1. The summed E-state index contributed by atoms with van der Waals surface area (Å²) in [6, 6.07) is 10.4. The number of rotatable bonds is 5. The zero-order valence-electron chi connectivity index (χ0n) is 15.1. The van der Waals surface area contributed by atoms with Gasteiger partial charge in [-0.25, -0.2) is 0 Å². The lowest BCUT2D eigenvalue weighted by molar-refractivity contribution is 0.0861. The largest absolute Gasteiger partial charge is 0.376 e. The molecule has 26 heavy (non-hydrogen) atoms. The van der Waals surface area contributed by atoms with Gasteiger partial charge in [-0.15, -0.1) is 11.3 Å². The number of carbonyl (C=O) groups excluding carboxylic acids is 1. The second-order valence-electron chi connectivity index (χ2n) is 6.90. The van der Waals surface area contributed by atoms with Crippen LogP contribution >= 0.6 is 11.3 Å². The topological polar surface area (TPSA) is 56.2 Å². The van der Waals surface area contributed by atoms with Gasteiger partial charge >= 0.3 is 0 Å². The number of benzene rings is 1. The summed E-state index contributed by atoms with van der Waals surface area (Å²) in [4.78, 5) is 14.3. The average Bonchev–Trinajstić information content (AvgIpc) is 3.35. The molecular weight excluding hydrogens is 346 g/mol. The summed E-state index contributed by atoms with van der Waals surface area (Å²) in [5.74, 6) is -0.0250. The predicted octanol–water partition coefficient (Wildman–Crippen LogP) is 3.67. The molecule has 0 spiro atoms. The van der Waals surface area contributed by atoms with Gasteiger partial charge in [0.15, 0.2) is 0 Å². The Morgan fingerprint density at radius 1 is 1.35 bits per heavy atom. The number of fused-ring (bicyclic) bond motifs is 1. The van der Waals surface area contributed by atoms with Gasteiger partial charge in [-0.05, 0) is 38.3 Å². The normalized spacial score (nSPS) is 17.1. The summed E-state index contributed by atoms with van der Waals surface area (Å²) < 4.78 is 7.57. The van der Waals surface area contributed by atoms with E-state index in [0.29, 0.717) is 13.1 Å². The Balaban J connectivity index is 1.52. The van der Waals surface area contributed by atoms with Gasteiger partial charge in [-0.3, -0.25) is 9.48 Å². The van der Waals surface area contributed by atoms with E-state index in [1.54, 1.807) is 0 Å². The predicted molar refractivity (Wildman–Crippen MR) is 104 cm³/mol. The monoisotopic (exact) mass is 369 g/mol. The number of aromatic nitrogens is 2. The minimum absolute atomic E-state index is 0.0250. The molecule has 1 N–H and O–H groups in total. The van der Waals surface area contributed by atoms with E-state index in [2.05, 4.69) is 41.6 Å². The van der Waals surface area contributed by atoms with Gasteiger partial charge in [0, 0.05) is 18.5 Å². The quantitative estimate of drug-likeness (QED) is 0.746. The van der Waals surface area contributed by atoms with Gasteiger partial charge in [0.2, 0.25) is 0 Å². The minimum atomic E-state index is -0.0250. The molecule has 6 heteroatoms. The average molecular weight is 369 g/mol. The van der Waals surface area contributed by atoms with Gasteiger partial charge < -0.3 is 10.1 Å². The van der Waals surface area contributed by atoms with Crippen LogP contribution in [0.5, 0.6) is 0 Å². The summed E-state index contributed by atoms with van der Waals surface area (Å²) in [5, 5.41) is 8.72. The summed E-state index contributed by atoms with van der Waals surface area (Å²) in [5.41, 5.74) is 3.41. The van der Waals surface area contributed by atoms with E-state index in [-0.39, 0.29) is 12.0 Å². The number of hydrogen-bond acceptors (Lipinski definition) is 4. The maximum Gasteiger partial charge on any atom is 0.261 e. The zero-order valence-corrected chi connectivity index (χ0v) is 15.9. The van der Waals surface area contributed by atoms with Crippen molar-refractivity contribution >= 4 is 27.5 Å². The van der Waals surface area contributed by atoms with Crippen LogP contribution in [0, 0.1) is 13.8 Å². The number of carbonyl (C=O) groups is 1. The molecule has 2 aromatic heterocycles. The van der Waals surface area contributed by atoms with Crippen LogP contribution in [0.1, 0.15) is 39.3 Å². The molecule has 1 aliphatic rings. The van der Waals surface area contributed by atoms with E-state index >= 15 is 0 Å². The third kappa shape index (κ3) is 3.52. The van der Waals surface area contributed by atoms with Crippen molar-refractivity contribution < 1.29 is 9.53 Å². The first-order valence-electron chi connectivity index (χ1n) is 9.02. The highest BCUT2D eigenvalue weighted by Crippen LogP contribution is 2.29. The lowest BCUT2D eigenvalue weighted by Gasteiger charge is -2.09. The Hall–Kier alpha value is -2.18. The summed E-state index contributed by atoms with van der Waals surface area (Å²) in [7, 11) is 0. The maximum atomic E-state index is 12.5. The Morgan fingerprint density at radius 2 is 2.15 bits per heavy atom. The lowest BCUT2D eigenvalue weighted by Crippen LogP contribution is -2.31. The number of nitrogens with one attached hydrogen (secondary N) is 1. The SMILES string of the molecule is Cc1ccc(Cn2nc(C)c3cc(C(=O)NC[C@H]4CCCO4)sc32)cc1. The van der Waals surface area contributed by atoms with Crippen molar-refractivity contribution in [2.75, 3.05) is 13.2 Å². The molecule has 4 rings (SSSR count). The molecule has 1 atom stereocenters. The maximum absolute atomic E-state index is 12.5. The van der Waals surface area contributed by atoms with Crippen LogP contribution in [0.25, 0.3) is 10.2 Å². The van der Waals surface area contributed by atoms with Gasteiger partial charge in [0.25, 0.3) is 5.91 Å². The van der Waals surface area contributed by atoms with Crippen molar-refractivity contribution in [3.63, 3.8) is 0 Å². The molecule has 1 saturated heterocycles. The van der Waals surface area contributed by atoms with Crippen molar-refractivity contribution in [1.29, 1.82) is 0 Å². The summed E-state index contributed by atoms with van der Waals surface area (Å²) in [6.07, 6.45) is 2.27. The van der Waals surface area contributed by atoms with Crippen LogP contribution < -0.4 is 5.32 Å². The molecular formula is C20H23N3O2S. The third-order valence-electron chi connectivity index (χ3n) is 4.80. The highest BCUT2D eigenvalue weighted by Gasteiger charge is 2.19. The van der Waals surface area contributed by atoms with Gasteiger partial charge in [-0.2, -0.15) is 5.10 Å². The van der Waals surface area contributed by atoms with E-state index in [1.807, 2.05) is 17.7 Å². The van der Waals surface area contributed by atoms with E-state index in [1.165, 1.54) is 22.5 Å². The number of amides is 1. The van der Waals surface area contributed by atoms with Crippen molar-refractivity contribution in [2.45, 2.75) is 39.3 Å². The second kappa shape index (κ2) is 7.21. The first kappa shape index (κ1) is 17.2. The lowest BCUT2D eigenvalue weighted by atomic mass is 10.1. The second-order valence-corrected chi connectivity index (χ2v) is 7.93. The molecule has 0 aliphatic carbocycles. The van der Waals surface area contributed by atoms with E-state index in [9.17, 15) is 4.79 Å². The molecule has 1 aromatic carbocycles. The number of thiophene rings is 1. The molecule has 1 amide bonds. The third-order valence-corrected chi connectivity index (χ3v) is 5.95. The smallest absolute Gasteiger partial charge is 0.261 e. The van der Waals surface area contributed by atoms with E-state index in [4.69, 9.17) is 4.74 Å². The van der Waals surface area contributed by atoms with Gasteiger partial charge in [-0.1, -0.05) is 29.8 Å². The Bertz CT molecular complexity index is 921. The van der Waals surface area contributed by atoms with E-state index in [0.717, 1.165) is 40.2 Å². The minimum Gasteiger partial charge on any atom is -0.376 e. The molecule has 3 heterocycles. The van der Waals surface area contributed by atoms with Crippen molar-refractivity contribution in [2.24, 2.45) is 0 Å². The molecule has 0 unspecified atom stereocenters. The molecule has 3 aromatic rings. The highest BCUT2D eigenvalue weighted by atomic mass is 32.1. The van der Waals surface area contributed by atoms with Crippen LogP contribution in [0.4, 0.5) is 0 Å². The van der Waals surface area contributed by atoms with Gasteiger partial charge in [0.05, 0.1) is 23.2 Å². The fraction of sp³-hybridized carbons (Fsp3) is 0.400. The Kier molecular flexibility index (Phi) is 4.78. The number of aryl methyl sites for hydroxylation is 2. The molecule has 0 bridgehead atoms. The Morgan fingerprint density at radius 3 is 2.88 bits per heavy atom. The molecule has 0 radical (unpaired) electrons. The van der Waals surface area contributed by atoms with Crippen LogP contribution in [-0.2, 0) is 11.3 Å². The fourth-order valence-corrected chi connectivity index (χ4v) is 4.37. The van der Waals surface area contributed by atoms with E-state index < -0.39 is 0 Å². The molecule has 1 aliphatic heterocycles. The van der Waals surface area contributed by atoms with Crippen molar-refractivity contribution in [3.05, 3.63) is 52.0 Å². The molecule has 1 fully saturated rings. The molecule has 136 valence electrons. The van der Waals surface area contributed by atoms with Crippen LogP contribution in [0.2, 0.25) is 0 Å². The first-order chi connectivity index (χ1) is 12.6.